The molecule has 0 spiro atoms. The summed E-state index contributed by atoms with van der Waals surface area (Å²) in [6.45, 7) is 8.43. The van der Waals surface area contributed by atoms with Crippen molar-refractivity contribution in [3.8, 4) is 0 Å². The largest absolute Gasteiger partial charge is 0.450 e. The molecule has 148 valence electrons. The van der Waals surface area contributed by atoms with Crippen molar-refractivity contribution in [1.82, 2.24) is 14.9 Å². The van der Waals surface area contributed by atoms with Crippen LogP contribution < -0.4 is 10.2 Å². The Labute approximate surface area is 164 Å². The number of carbonyl (C=O) groups excluding carboxylic acids is 2. The molecule has 8 nitrogen and oxygen atoms in total. The first kappa shape index (κ1) is 19.6. The Morgan fingerprint density at radius 1 is 1.11 bits per heavy atom. The molecule has 1 aliphatic heterocycles. The molecule has 2 aromatic rings. The Morgan fingerprint density at radius 3 is 2.43 bits per heavy atom. The van der Waals surface area contributed by atoms with Crippen LogP contribution in [0.4, 0.5) is 16.4 Å². The van der Waals surface area contributed by atoms with Gasteiger partial charge in [-0.25, -0.2) is 14.8 Å². The van der Waals surface area contributed by atoms with Crippen LogP contribution in [0.1, 0.15) is 28.4 Å². The zero-order valence-corrected chi connectivity index (χ0v) is 16.4. The molecule has 3 rings (SSSR count). The third kappa shape index (κ3) is 4.57. The van der Waals surface area contributed by atoms with Gasteiger partial charge in [-0.05, 0) is 38.0 Å². The summed E-state index contributed by atoms with van der Waals surface area (Å²) in [4.78, 5) is 36.6. The Morgan fingerprint density at radius 2 is 1.79 bits per heavy atom. The highest BCUT2D eigenvalue weighted by Crippen LogP contribution is 2.18. The van der Waals surface area contributed by atoms with E-state index in [9.17, 15) is 9.59 Å². The Kier molecular flexibility index (Phi) is 6.08. The maximum Gasteiger partial charge on any atom is 0.409 e. The molecule has 1 saturated heterocycles. The van der Waals surface area contributed by atoms with Gasteiger partial charge in [0.1, 0.15) is 0 Å². The number of amides is 2. The molecule has 2 amide bonds. The molecule has 1 N–H and O–H groups in total. The number of nitrogens with zero attached hydrogens (tertiary/aromatic N) is 4. The fourth-order valence-electron chi connectivity index (χ4n) is 2.97. The molecule has 1 aliphatic rings. The van der Waals surface area contributed by atoms with E-state index in [1.54, 1.807) is 11.8 Å². The number of piperazine rings is 1. The predicted molar refractivity (Wildman–Crippen MR) is 107 cm³/mol. The average Bonchev–Trinajstić information content (AvgIpc) is 2.71. The van der Waals surface area contributed by atoms with E-state index in [1.807, 2.05) is 36.9 Å². The Bertz CT molecular complexity index is 845. The average molecular weight is 383 g/mol. The molecule has 0 aliphatic carbocycles. The van der Waals surface area contributed by atoms with Crippen molar-refractivity contribution >= 4 is 23.6 Å². The predicted octanol–water partition coefficient (Wildman–Crippen LogP) is 2.62. The minimum absolute atomic E-state index is 0.243. The smallest absolute Gasteiger partial charge is 0.409 e. The van der Waals surface area contributed by atoms with Crippen LogP contribution >= 0.6 is 0 Å². The summed E-state index contributed by atoms with van der Waals surface area (Å²) in [5, 5.41) is 2.91. The lowest BCUT2D eigenvalue weighted by atomic mass is 10.1. The fourth-order valence-corrected chi connectivity index (χ4v) is 2.97. The monoisotopic (exact) mass is 383 g/mol. The van der Waals surface area contributed by atoms with Gasteiger partial charge in [-0.2, -0.15) is 0 Å². The van der Waals surface area contributed by atoms with E-state index >= 15 is 0 Å². The van der Waals surface area contributed by atoms with Crippen LogP contribution in [0.15, 0.2) is 30.6 Å². The van der Waals surface area contributed by atoms with Crippen LogP contribution in [-0.2, 0) is 4.74 Å². The van der Waals surface area contributed by atoms with Crippen molar-refractivity contribution in [2.75, 3.05) is 43.0 Å². The first-order valence-electron chi connectivity index (χ1n) is 9.35. The summed E-state index contributed by atoms with van der Waals surface area (Å²) in [5.74, 6) is 0.305. The van der Waals surface area contributed by atoms with Crippen molar-refractivity contribution < 1.29 is 14.3 Å². The van der Waals surface area contributed by atoms with Crippen molar-refractivity contribution in [3.05, 3.63) is 47.3 Å². The highest BCUT2D eigenvalue weighted by Gasteiger charge is 2.23. The quantitative estimate of drug-likeness (QED) is 0.873. The van der Waals surface area contributed by atoms with Crippen molar-refractivity contribution in [2.45, 2.75) is 20.8 Å². The number of carbonyl (C=O) groups is 2. The van der Waals surface area contributed by atoms with Gasteiger partial charge in [0.15, 0.2) is 0 Å². The molecule has 0 atom stereocenters. The van der Waals surface area contributed by atoms with E-state index in [0.29, 0.717) is 44.3 Å². The highest BCUT2D eigenvalue weighted by molar-refractivity contribution is 6.04. The summed E-state index contributed by atoms with van der Waals surface area (Å²) in [6, 6.07) is 5.91. The second kappa shape index (κ2) is 8.69. The first-order valence-corrected chi connectivity index (χ1v) is 9.35. The van der Waals surface area contributed by atoms with Gasteiger partial charge in [0.2, 0.25) is 5.95 Å². The van der Waals surface area contributed by atoms with Gasteiger partial charge in [0.25, 0.3) is 5.91 Å². The zero-order chi connectivity index (χ0) is 20.1. The maximum atomic E-state index is 12.5. The van der Waals surface area contributed by atoms with Crippen LogP contribution in [-0.4, -0.2) is 59.7 Å². The van der Waals surface area contributed by atoms with Gasteiger partial charge in [-0.1, -0.05) is 12.1 Å². The van der Waals surface area contributed by atoms with Crippen LogP contribution in [0, 0.1) is 13.8 Å². The second-order valence-electron chi connectivity index (χ2n) is 6.72. The van der Waals surface area contributed by atoms with Gasteiger partial charge in [-0.15, -0.1) is 0 Å². The van der Waals surface area contributed by atoms with Crippen molar-refractivity contribution in [2.24, 2.45) is 0 Å². The SMILES string of the molecule is CCOC(=O)N1CCN(c2ncc(C(=O)Nc3cc(C)ccc3C)cn2)CC1. The number of aromatic nitrogens is 2. The zero-order valence-electron chi connectivity index (χ0n) is 16.4. The molecule has 8 heteroatoms. The fraction of sp³-hybridized carbons (Fsp3) is 0.400. The lowest BCUT2D eigenvalue weighted by Gasteiger charge is -2.33. The molecule has 28 heavy (non-hydrogen) atoms. The van der Waals surface area contributed by atoms with E-state index in [1.165, 1.54) is 12.4 Å². The summed E-state index contributed by atoms with van der Waals surface area (Å²) in [7, 11) is 0. The summed E-state index contributed by atoms with van der Waals surface area (Å²) in [6.07, 6.45) is 2.77. The van der Waals surface area contributed by atoms with E-state index in [0.717, 1.165) is 16.8 Å². The standard InChI is InChI=1S/C20H25N5O3/c1-4-28-20(27)25-9-7-24(8-10-25)19-21-12-16(13-22-19)18(26)23-17-11-14(2)5-6-15(17)3/h5-6,11-13H,4,7-10H2,1-3H3,(H,23,26). The molecule has 1 fully saturated rings. The topological polar surface area (TPSA) is 87.7 Å². The van der Waals surface area contributed by atoms with Gasteiger partial charge in [0, 0.05) is 44.3 Å². The minimum Gasteiger partial charge on any atom is -0.450 e. The lowest BCUT2D eigenvalue weighted by molar-refractivity contribution is 0.102. The highest BCUT2D eigenvalue weighted by atomic mass is 16.6. The molecule has 0 unspecified atom stereocenters. The molecule has 1 aromatic heterocycles. The van der Waals surface area contributed by atoms with E-state index < -0.39 is 0 Å². The van der Waals surface area contributed by atoms with Gasteiger partial charge in [-0.3, -0.25) is 4.79 Å². The summed E-state index contributed by atoms with van der Waals surface area (Å²) in [5.41, 5.74) is 3.25. The number of ether oxygens (including phenoxy) is 1. The molecular formula is C20H25N5O3. The Hall–Kier alpha value is -3.16. The van der Waals surface area contributed by atoms with Crippen molar-refractivity contribution in [1.29, 1.82) is 0 Å². The molecular weight excluding hydrogens is 358 g/mol. The third-order valence-corrected chi connectivity index (χ3v) is 4.63. The number of benzene rings is 1. The summed E-state index contributed by atoms with van der Waals surface area (Å²) >= 11 is 0. The number of nitrogens with one attached hydrogen (secondary N) is 1. The molecule has 1 aromatic carbocycles. The van der Waals surface area contributed by atoms with Crippen LogP contribution in [0.5, 0.6) is 0 Å². The van der Waals surface area contributed by atoms with Gasteiger partial charge < -0.3 is 19.9 Å². The minimum atomic E-state index is -0.290. The van der Waals surface area contributed by atoms with Crippen molar-refractivity contribution in [3.63, 3.8) is 0 Å². The molecule has 0 saturated carbocycles. The summed E-state index contributed by atoms with van der Waals surface area (Å²) < 4.78 is 5.02. The number of hydrogen-bond acceptors (Lipinski definition) is 6. The number of rotatable bonds is 4. The van der Waals surface area contributed by atoms with Gasteiger partial charge in [0.05, 0.1) is 12.2 Å². The first-order chi connectivity index (χ1) is 13.5. The Balaban J connectivity index is 1.60. The maximum absolute atomic E-state index is 12.5. The molecule has 2 heterocycles. The number of hydrogen-bond donors (Lipinski definition) is 1. The lowest BCUT2D eigenvalue weighted by Crippen LogP contribution is -2.49. The van der Waals surface area contributed by atoms with Gasteiger partial charge >= 0.3 is 6.09 Å². The molecule has 0 radical (unpaired) electrons. The van der Waals surface area contributed by atoms with E-state index in [4.69, 9.17) is 4.74 Å². The number of anilines is 2. The molecule has 0 bridgehead atoms. The van der Waals surface area contributed by atoms with E-state index in [2.05, 4.69) is 15.3 Å². The normalized spacial score (nSPS) is 14.0. The van der Waals surface area contributed by atoms with Crippen LogP contribution in [0.3, 0.4) is 0 Å². The van der Waals surface area contributed by atoms with Crippen LogP contribution in [0.2, 0.25) is 0 Å². The third-order valence-electron chi connectivity index (χ3n) is 4.63. The second-order valence-corrected chi connectivity index (χ2v) is 6.72. The van der Waals surface area contributed by atoms with E-state index in [-0.39, 0.29) is 12.0 Å². The number of aryl methyl sites for hydroxylation is 2. The van der Waals surface area contributed by atoms with Crippen LogP contribution in [0.25, 0.3) is 0 Å².